The molecule has 2 aliphatic heterocycles. The second kappa shape index (κ2) is 4.96. The number of likely N-dealkylation sites (tertiary alicyclic amines) is 2. The quantitative estimate of drug-likeness (QED) is 0.720. The van der Waals surface area contributed by atoms with E-state index in [1.165, 1.54) is 51.9 Å². The maximum atomic E-state index is 2.78. The highest BCUT2D eigenvalue weighted by Gasteiger charge is 2.50. The third-order valence-electron chi connectivity index (χ3n) is 6.68. The molecule has 0 N–H and O–H groups in total. The molecule has 1 saturated carbocycles. The van der Waals surface area contributed by atoms with Crippen molar-refractivity contribution in [3.05, 3.63) is 0 Å². The van der Waals surface area contributed by atoms with E-state index in [4.69, 9.17) is 0 Å². The second-order valence-electron chi connectivity index (χ2n) is 10.3. The molecule has 0 atom stereocenters. The first-order valence-electron chi connectivity index (χ1n) is 9.08. The lowest BCUT2D eigenvalue weighted by Gasteiger charge is -2.61. The minimum atomic E-state index is 0.365. The Morgan fingerprint density at radius 1 is 0.857 bits per heavy atom. The first kappa shape index (κ1) is 15.8. The van der Waals surface area contributed by atoms with Crippen molar-refractivity contribution in [2.75, 3.05) is 26.2 Å². The molecule has 0 bridgehead atoms. The zero-order valence-corrected chi connectivity index (χ0v) is 15.2. The Balaban J connectivity index is 1.43. The molecule has 2 nitrogen and oxygen atoms in total. The van der Waals surface area contributed by atoms with E-state index >= 15 is 0 Å². The van der Waals surface area contributed by atoms with E-state index in [0.29, 0.717) is 16.4 Å². The highest BCUT2D eigenvalue weighted by atomic mass is 15.4. The van der Waals surface area contributed by atoms with Crippen molar-refractivity contribution in [1.82, 2.24) is 9.80 Å². The predicted octanol–water partition coefficient (Wildman–Crippen LogP) is 4.01. The third-order valence-corrected chi connectivity index (χ3v) is 6.68. The van der Waals surface area contributed by atoms with Gasteiger partial charge in [0.15, 0.2) is 0 Å². The molecule has 0 aromatic heterocycles. The van der Waals surface area contributed by atoms with Crippen molar-refractivity contribution < 1.29 is 0 Å². The molecule has 0 aromatic rings. The smallest absolute Gasteiger partial charge is 0.0351 e. The molecular weight excluding hydrogens is 256 g/mol. The lowest BCUT2D eigenvalue weighted by Crippen LogP contribution is -2.71. The first-order chi connectivity index (χ1) is 9.59. The molecule has 3 aliphatic rings. The summed E-state index contributed by atoms with van der Waals surface area (Å²) in [5.41, 5.74) is 1.60. The molecule has 0 radical (unpaired) electrons. The number of hydrogen-bond donors (Lipinski definition) is 0. The van der Waals surface area contributed by atoms with Crippen molar-refractivity contribution in [3.8, 4) is 0 Å². The van der Waals surface area contributed by atoms with Gasteiger partial charge in [-0.15, -0.1) is 0 Å². The van der Waals surface area contributed by atoms with Gasteiger partial charge < -0.3 is 0 Å². The summed E-state index contributed by atoms with van der Waals surface area (Å²) in [6.07, 6.45) is 5.91. The van der Waals surface area contributed by atoms with Crippen LogP contribution in [0.4, 0.5) is 0 Å². The van der Waals surface area contributed by atoms with Crippen LogP contribution in [0.1, 0.15) is 67.2 Å². The third kappa shape index (κ3) is 3.03. The van der Waals surface area contributed by atoms with Crippen LogP contribution in [-0.4, -0.2) is 47.6 Å². The van der Waals surface area contributed by atoms with Crippen LogP contribution in [-0.2, 0) is 0 Å². The van der Waals surface area contributed by atoms with E-state index in [1.54, 1.807) is 0 Å². The van der Waals surface area contributed by atoms with Gasteiger partial charge in [0.05, 0.1) is 0 Å². The summed E-state index contributed by atoms with van der Waals surface area (Å²) in [5, 5.41) is 0. The molecular formula is C19H36N2. The molecule has 0 aromatic carbocycles. The van der Waals surface area contributed by atoms with E-state index in [9.17, 15) is 0 Å². The average molecular weight is 293 g/mol. The van der Waals surface area contributed by atoms with Crippen molar-refractivity contribution in [1.29, 1.82) is 0 Å². The van der Waals surface area contributed by atoms with Gasteiger partial charge >= 0.3 is 0 Å². The normalized spacial score (nSPS) is 29.4. The fourth-order valence-corrected chi connectivity index (χ4v) is 4.72. The van der Waals surface area contributed by atoms with Crippen LogP contribution >= 0.6 is 0 Å². The number of hydrogen-bond acceptors (Lipinski definition) is 2. The summed E-state index contributed by atoms with van der Waals surface area (Å²) >= 11 is 0. The molecule has 3 rings (SSSR count). The summed E-state index contributed by atoms with van der Waals surface area (Å²) in [6.45, 7) is 19.7. The molecule has 2 heteroatoms. The minimum absolute atomic E-state index is 0.365. The van der Waals surface area contributed by atoms with Crippen LogP contribution in [0.15, 0.2) is 0 Å². The van der Waals surface area contributed by atoms with Gasteiger partial charge in [-0.3, -0.25) is 9.80 Å². The maximum absolute atomic E-state index is 2.78. The molecule has 2 saturated heterocycles. The molecule has 0 unspecified atom stereocenters. The van der Waals surface area contributed by atoms with Gasteiger partial charge in [-0.1, -0.05) is 20.8 Å². The molecule has 2 heterocycles. The topological polar surface area (TPSA) is 6.48 Å². The van der Waals surface area contributed by atoms with Gasteiger partial charge in [-0.25, -0.2) is 0 Å². The van der Waals surface area contributed by atoms with Gasteiger partial charge in [-0.05, 0) is 63.2 Å². The van der Waals surface area contributed by atoms with Crippen LogP contribution in [0, 0.1) is 16.7 Å². The Hall–Kier alpha value is -0.0800. The number of rotatable bonds is 1. The largest absolute Gasteiger partial charge is 0.297 e. The van der Waals surface area contributed by atoms with Gasteiger partial charge in [0.25, 0.3) is 0 Å². The highest BCUT2D eigenvalue weighted by Crippen LogP contribution is 2.50. The van der Waals surface area contributed by atoms with Gasteiger partial charge in [0.1, 0.15) is 0 Å². The standard InChI is InChI=1S/C19H36N2/c1-17(2,3)15-7-9-19(10-8-15)13-20(14-19)16-11-21(12-16)18(4,5)6/h15-16H,7-14H2,1-6H3. The SMILES string of the molecule is CC(C)(C)C1CCC2(CC1)CN(C1CN(C(C)(C)C)C1)C2. The van der Waals surface area contributed by atoms with Gasteiger partial charge in [0, 0.05) is 37.8 Å². The summed E-state index contributed by atoms with van der Waals surface area (Å²) < 4.78 is 0. The lowest BCUT2D eigenvalue weighted by atomic mass is 9.61. The zero-order valence-electron chi connectivity index (χ0n) is 15.2. The van der Waals surface area contributed by atoms with Crippen molar-refractivity contribution in [2.24, 2.45) is 16.7 Å². The molecule has 1 spiro atoms. The van der Waals surface area contributed by atoms with Crippen LogP contribution in [0.2, 0.25) is 0 Å². The van der Waals surface area contributed by atoms with E-state index in [1.807, 2.05) is 0 Å². The Morgan fingerprint density at radius 2 is 1.38 bits per heavy atom. The Kier molecular flexibility index (Phi) is 3.73. The van der Waals surface area contributed by atoms with Crippen LogP contribution in [0.25, 0.3) is 0 Å². The van der Waals surface area contributed by atoms with Crippen molar-refractivity contribution >= 4 is 0 Å². The van der Waals surface area contributed by atoms with E-state index in [-0.39, 0.29) is 0 Å². The van der Waals surface area contributed by atoms with Crippen molar-refractivity contribution in [3.63, 3.8) is 0 Å². The van der Waals surface area contributed by atoms with Gasteiger partial charge in [0.2, 0.25) is 0 Å². The Labute approximate surface area is 132 Å². The Morgan fingerprint density at radius 3 is 1.81 bits per heavy atom. The molecule has 3 fully saturated rings. The zero-order chi connectivity index (χ0) is 15.5. The van der Waals surface area contributed by atoms with E-state index in [0.717, 1.165) is 12.0 Å². The van der Waals surface area contributed by atoms with E-state index in [2.05, 4.69) is 51.3 Å². The molecule has 122 valence electrons. The highest BCUT2D eigenvalue weighted by molar-refractivity contribution is 5.05. The molecule has 0 amide bonds. The maximum Gasteiger partial charge on any atom is 0.0351 e. The lowest BCUT2D eigenvalue weighted by molar-refractivity contribution is -0.120. The monoisotopic (exact) mass is 292 g/mol. The summed E-state index contributed by atoms with van der Waals surface area (Å²) in [4.78, 5) is 5.40. The van der Waals surface area contributed by atoms with Crippen molar-refractivity contribution in [2.45, 2.75) is 78.8 Å². The second-order valence-corrected chi connectivity index (χ2v) is 10.3. The summed E-state index contributed by atoms with van der Waals surface area (Å²) in [5.74, 6) is 0.956. The van der Waals surface area contributed by atoms with Crippen LogP contribution in [0.5, 0.6) is 0 Å². The van der Waals surface area contributed by atoms with Crippen LogP contribution < -0.4 is 0 Å². The minimum Gasteiger partial charge on any atom is -0.297 e. The van der Waals surface area contributed by atoms with Gasteiger partial charge in [-0.2, -0.15) is 0 Å². The Bertz CT molecular complexity index is 365. The van der Waals surface area contributed by atoms with E-state index < -0.39 is 0 Å². The van der Waals surface area contributed by atoms with Crippen LogP contribution in [0.3, 0.4) is 0 Å². The molecule has 21 heavy (non-hydrogen) atoms. The summed E-state index contributed by atoms with van der Waals surface area (Å²) in [6, 6.07) is 0.857. The molecule has 1 aliphatic carbocycles. The summed E-state index contributed by atoms with van der Waals surface area (Å²) in [7, 11) is 0. The fraction of sp³-hybridized carbons (Fsp3) is 1.00. The number of nitrogens with zero attached hydrogens (tertiary/aromatic N) is 2. The fourth-order valence-electron chi connectivity index (χ4n) is 4.72. The average Bonchev–Trinajstić information content (AvgIpc) is 2.22. The predicted molar refractivity (Wildman–Crippen MR) is 90.5 cm³/mol. The first-order valence-corrected chi connectivity index (χ1v) is 9.08.